The number of hydrogen-bond acceptors (Lipinski definition) is 7. The lowest BCUT2D eigenvalue weighted by Crippen LogP contribution is -2.35. The van der Waals surface area contributed by atoms with Crippen molar-refractivity contribution in [2.45, 2.75) is 81.8 Å². The van der Waals surface area contributed by atoms with Gasteiger partial charge in [-0.25, -0.2) is 18.1 Å². The SMILES string of the molecule is CCCCNc1ncc2c(-c3ccc(S(=O)(=O)N4CCCCC4)cc3)nn(C3CCC(O)CC3)c2n1. The molecular weight excluding hydrogens is 476 g/mol. The van der Waals surface area contributed by atoms with Gasteiger partial charge in [-0.3, -0.25) is 0 Å². The topological polar surface area (TPSA) is 113 Å². The van der Waals surface area contributed by atoms with Gasteiger partial charge in [0.1, 0.15) is 5.69 Å². The Morgan fingerprint density at radius 2 is 1.78 bits per heavy atom. The molecule has 194 valence electrons. The van der Waals surface area contributed by atoms with Crippen molar-refractivity contribution in [2.75, 3.05) is 25.0 Å². The number of aliphatic hydroxyl groups is 1. The first-order valence-electron chi connectivity index (χ1n) is 13.2. The van der Waals surface area contributed by atoms with E-state index in [2.05, 4.69) is 17.2 Å². The Hall–Kier alpha value is -2.56. The first-order chi connectivity index (χ1) is 17.5. The van der Waals surface area contributed by atoms with E-state index < -0.39 is 10.0 Å². The van der Waals surface area contributed by atoms with E-state index in [4.69, 9.17) is 10.1 Å². The zero-order valence-corrected chi connectivity index (χ0v) is 21.8. The molecule has 5 rings (SSSR count). The molecule has 2 fully saturated rings. The van der Waals surface area contributed by atoms with Crippen molar-refractivity contribution in [3.63, 3.8) is 0 Å². The number of piperidine rings is 1. The summed E-state index contributed by atoms with van der Waals surface area (Å²) in [5.74, 6) is 0.586. The predicted molar refractivity (Wildman–Crippen MR) is 140 cm³/mol. The Balaban J connectivity index is 1.49. The number of fused-ring (bicyclic) bond motifs is 1. The monoisotopic (exact) mass is 512 g/mol. The first-order valence-corrected chi connectivity index (χ1v) is 14.7. The van der Waals surface area contributed by atoms with Gasteiger partial charge in [0.15, 0.2) is 5.65 Å². The van der Waals surface area contributed by atoms with E-state index in [1.807, 2.05) is 23.0 Å². The molecule has 0 atom stereocenters. The predicted octanol–water partition coefficient (Wildman–Crippen LogP) is 4.36. The Labute approximate surface area is 213 Å². The number of unbranched alkanes of at least 4 members (excludes halogenated alkanes) is 1. The van der Waals surface area contributed by atoms with Gasteiger partial charge in [0.2, 0.25) is 16.0 Å². The number of anilines is 1. The van der Waals surface area contributed by atoms with Crippen LogP contribution >= 0.6 is 0 Å². The van der Waals surface area contributed by atoms with Gasteiger partial charge in [-0.05, 0) is 57.1 Å². The van der Waals surface area contributed by atoms with Crippen LogP contribution in [0.2, 0.25) is 0 Å². The Morgan fingerprint density at radius 1 is 1.06 bits per heavy atom. The number of hydrogen-bond donors (Lipinski definition) is 2. The number of nitrogens with zero attached hydrogens (tertiary/aromatic N) is 5. The summed E-state index contributed by atoms with van der Waals surface area (Å²) < 4.78 is 29.8. The summed E-state index contributed by atoms with van der Waals surface area (Å²) in [6.45, 7) is 4.13. The van der Waals surface area contributed by atoms with E-state index in [1.54, 1.807) is 16.4 Å². The van der Waals surface area contributed by atoms with Gasteiger partial charge in [-0.1, -0.05) is 31.9 Å². The number of benzene rings is 1. The van der Waals surface area contributed by atoms with Crippen LogP contribution in [0.4, 0.5) is 5.95 Å². The van der Waals surface area contributed by atoms with Crippen molar-refractivity contribution in [1.82, 2.24) is 24.1 Å². The Morgan fingerprint density at radius 3 is 2.47 bits per heavy atom. The molecule has 3 heterocycles. The van der Waals surface area contributed by atoms with E-state index in [1.165, 1.54) is 0 Å². The van der Waals surface area contributed by atoms with E-state index in [9.17, 15) is 13.5 Å². The van der Waals surface area contributed by atoms with Gasteiger partial charge >= 0.3 is 0 Å². The fourth-order valence-electron chi connectivity index (χ4n) is 5.20. The zero-order chi connectivity index (χ0) is 25.1. The Bertz CT molecular complexity index is 1280. The van der Waals surface area contributed by atoms with E-state index in [0.717, 1.165) is 86.6 Å². The molecule has 10 heteroatoms. The molecule has 2 aromatic heterocycles. The van der Waals surface area contributed by atoms with Crippen LogP contribution in [0.1, 0.15) is 70.8 Å². The summed E-state index contributed by atoms with van der Waals surface area (Å²) in [6.07, 6.45) is 9.77. The second kappa shape index (κ2) is 10.8. The van der Waals surface area contributed by atoms with Crippen molar-refractivity contribution < 1.29 is 13.5 Å². The highest BCUT2D eigenvalue weighted by molar-refractivity contribution is 7.89. The van der Waals surface area contributed by atoms with E-state index >= 15 is 0 Å². The van der Waals surface area contributed by atoms with Crippen LogP contribution < -0.4 is 5.32 Å². The van der Waals surface area contributed by atoms with Crippen LogP contribution in [0.15, 0.2) is 35.4 Å². The van der Waals surface area contributed by atoms with Gasteiger partial charge in [0.05, 0.1) is 22.4 Å². The second-order valence-electron chi connectivity index (χ2n) is 9.96. The maximum atomic E-state index is 13.1. The van der Waals surface area contributed by atoms with Crippen molar-refractivity contribution in [2.24, 2.45) is 0 Å². The lowest BCUT2D eigenvalue weighted by molar-refractivity contribution is 0.109. The molecular formula is C26H36N6O3S. The van der Waals surface area contributed by atoms with Crippen LogP contribution in [-0.2, 0) is 10.0 Å². The molecule has 0 amide bonds. The van der Waals surface area contributed by atoms with Crippen molar-refractivity contribution in [3.8, 4) is 11.3 Å². The maximum absolute atomic E-state index is 13.1. The average Bonchev–Trinajstić information content (AvgIpc) is 3.29. The maximum Gasteiger partial charge on any atom is 0.243 e. The molecule has 9 nitrogen and oxygen atoms in total. The van der Waals surface area contributed by atoms with Gasteiger partial charge in [0, 0.05) is 31.4 Å². The first kappa shape index (κ1) is 25.1. The molecule has 1 aliphatic heterocycles. The number of sulfonamides is 1. The highest BCUT2D eigenvalue weighted by Crippen LogP contribution is 2.35. The third-order valence-electron chi connectivity index (χ3n) is 7.35. The van der Waals surface area contributed by atoms with Crippen molar-refractivity contribution in [3.05, 3.63) is 30.5 Å². The van der Waals surface area contributed by atoms with E-state index in [0.29, 0.717) is 23.9 Å². The van der Waals surface area contributed by atoms with Crippen LogP contribution in [-0.4, -0.2) is 63.3 Å². The minimum atomic E-state index is -3.49. The van der Waals surface area contributed by atoms with E-state index in [-0.39, 0.29) is 12.1 Å². The molecule has 0 radical (unpaired) electrons. The van der Waals surface area contributed by atoms with Gasteiger partial charge in [-0.2, -0.15) is 14.4 Å². The molecule has 2 aliphatic rings. The summed E-state index contributed by atoms with van der Waals surface area (Å²) in [4.78, 5) is 9.67. The molecule has 36 heavy (non-hydrogen) atoms. The third-order valence-corrected chi connectivity index (χ3v) is 9.27. The zero-order valence-electron chi connectivity index (χ0n) is 20.9. The number of aliphatic hydroxyl groups excluding tert-OH is 1. The molecule has 2 N–H and O–H groups in total. The molecule has 1 aromatic carbocycles. The number of rotatable bonds is 8. The standard InChI is InChI=1S/C26H36N6O3S/c1-2-3-15-27-26-28-18-23-24(30-32(25(23)29-26)20-9-11-21(33)12-10-20)19-7-13-22(14-8-19)36(34,35)31-16-5-4-6-17-31/h7-8,13-14,18,20-21,33H,2-6,9-12,15-17H2,1H3,(H,27,28,29). The molecule has 0 spiro atoms. The molecule has 3 aromatic rings. The van der Waals surface area contributed by atoms with Gasteiger partial charge < -0.3 is 10.4 Å². The van der Waals surface area contributed by atoms with Crippen molar-refractivity contribution in [1.29, 1.82) is 0 Å². The summed E-state index contributed by atoms with van der Waals surface area (Å²) in [5, 5.41) is 19.1. The average molecular weight is 513 g/mol. The minimum Gasteiger partial charge on any atom is -0.393 e. The highest BCUT2D eigenvalue weighted by atomic mass is 32.2. The van der Waals surface area contributed by atoms with Gasteiger partial charge in [-0.15, -0.1) is 0 Å². The largest absolute Gasteiger partial charge is 0.393 e. The molecule has 0 bridgehead atoms. The van der Waals surface area contributed by atoms with Crippen molar-refractivity contribution >= 4 is 27.0 Å². The lowest BCUT2D eigenvalue weighted by Gasteiger charge is -2.26. The fraction of sp³-hybridized carbons (Fsp3) is 0.577. The highest BCUT2D eigenvalue weighted by Gasteiger charge is 2.28. The third kappa shape index (κ3) is 5.12. The number of aromatic nitrogens is 4. The summed E-state index contributed by atoms with van der Waals surface area (Å²) in [6, 6.07) is 7.19. The quantitative estimate of drug-likeness (QED) is 0.431. The smallest absolute Gasteiger partial charge is 0.243 e. The summed E-state index contributed by atoms with van der Waals surface area (Å²) >= 11 is 0. The van der Waals surface area contributed by atoms with Crippen LogP contribution in [0, 0.1) is 0 Å². The lowest BCUT2D eigenvalue weighted by atomic mass is 9.93. The van der Waals surface area contributed by atoms with Crippen LogP contribution in [0.5, 0.6) is 0 Å². The van der Waals surface area contributed by atoms with Crippen LogP contribution in [0.25, 0.3) is 22.3 Å². The normalized spacial score (nSPS) is 21.6. The molecule has 1 saturated carbocycles. The molecule has 0 unspecified atom stereocenters. The van der Waals surface area contributed by atoms with Crippen LogP contribution in [0.3, 0.4) is 0 Å². The minimum absolute atomic E-state index is 0.154. The molecule has 1 aliphatic carbocycles. The fourth-order valence-corrected chi connectivity index (χ4v) is 6.71. The number of nitrogens with one attached hydrogen (secondary N) is 1. The second-order valence-corrected chi connectivity index (χ2v) is 11.9. The summed E-state index contributed by atoms with van der Waals surface area (Å²) in [7, 11) is -3.49. The summed E-state index contributed by atoms with van der Waals surface area (Å²) in [5.41, 5.74) is 2.35. The molecule has 1 saturated heterocycles. The van der Waals surface area contributed by atoms with Gasteiger partial charge in [0.25, 0.3) is 0 Å². The Kier molecular flexibility index (Phi) is 7.55.